The first kappa shape index (κ1) is 9.74. The Morgan fingerprint density at radius 3 is 2.81 bits per heavy atom. The number of aliphatic hydroxyl groups excluding tert-OH is 1. The van der Waals surface area contributed by atoms with Crippen LogP contribution < -0.4 is 5.32 Å². The van der Waals surface area contributed by atoms with E-state index < -0.39 is 6.23 Å². The largest absolute Gasteiger partial charge is 0.369 e. The quantitative estimate of drug-likeness (QED) is 0.653. The summed E-state index contributed by atoms with van der Waals surface area (Å²) in [5.41, 5.74) is 1.83. The molecule has 1 fully saturated rings. The molecule has 0 bridgehead atoms. The minimum Gasteiger partial charge on any atom is -0.369 e. The molecule has 1 saturated heterocycles. The maximum absolute atomic E-state index is 11.4. The minimum absolute atomic E-state index is 0.0878. The van der Waals surface area contributed by atoms with Gasteiger partial charge in [-0.25, -0.2) is 0 Å². The maximum atomic E-state index is 11.4. The highest BCUT2D eigenvalue weighted by molar-refractivity contribution is 7.80. The lowest BCUT2D eigenvalue weighted by Crippen LogP contribution is -2.49. The molecule has 1 aromatic carbocycles. The van der Waals surface area contributed by atoms with E-state index in [1.54, 1.807) is 4.90 Å². The van der Waals surface area contributed by atoms with Gasteiger partial charge in [-0.15, -0.1) is 0 Å². The number of rotatable bonds is 0. The predicted molar refractivity (Wildman–Crippen MR) is 61.3 cm³/mol. The van der Waals surface area contributed by atoms with E-state index in [2.05, 4.69) is 5.32 Å². The average molecular weight is 234 g/mol. The summed E-state index contributed by atoms with van der Waals surface area (Å²) in [6, 6.07) is 7.46. The second-order valence-electron chi connectivity index (χ2n) is 3.98. The monoisotopic (exact) mass is 234 g/mol. The van der Waals surface area contributed by atoms with Crippen LogP contribution in [0, 0.1) is 0 Å². The van der Waals surface area contributed by atoms with Crippen molar-refractivity contribution < 1.29 is 9.90 Å². The first-order valence-electron chi connectivity index (χ1n) is 5.07. The van der Waals surface area contributed by atoms with Crippen molar-refractivity contribution in [3.05, 3.63) is 35.4 Å². The third-order valence-electron chi connectivity index (χ3n) is 3.09. The lowest BCUT2D eigenvalue weighted by atomic mass is 10.0. The van der Waals surface area contributed by atoms with Gasteiger partial charge in [0.15, 0.2) is 11.3 Å². The number of benzene rings is 1. The van der Waals surface area contributed by atoms with Gasteiger partial charge in [0, 0.05) is 5.56 Å². The molecule has 5 heteroatoms. The van der Waals surface area contributed by atoms with E-state index in [1.165, 1.54) is 0 Å². The normalized spacial score (nSPS) is 27.4. The number of hydrogen-bond acceptors (Lipinski definition) is 3. The Labute approximate surface area is 97.9 Å². The number of nitrogens with one attached hydrogen (secondary N) is 1. The molecule has 1 aromatic rings. The molecule has 0 aliphatic carbocycles. The molecule has 0 spiro atoms. The van der Waals surface area contributed by atoms with Crippen LogP contribution in [0.3, 0.4) is 0 Å². The molecular formula is C11H10N2O2S. The topological polar surface area (TPSA) is 52.6 Å². The van der Waals surface area contributed by atoms with Crippen molar-refractivity contribution in [3.8, 4) is 0 Å². The lowest BCUT2D eigenvalue weighted by Gasteiger charge is -2.34. The number of hydrogen-bond donors (Lipinski definition) is 2. The number of carbonyl (C=O) groups excluding carboxylic acids is 1. The molecule has 0 unspecified atom stereocenters. The summed E-state index contributed by atoms with van der Waals surface area (Å²) in [6.07, 6.45) is -0.400. The van der Waals surface area contributed by atoms with E-state index in [1.807, 2.05) is 24.3 Å². The van der Waals surface area contributed by atoms with Crippen molar-refractivity contribution in [2.24, 2.45) is 0 Å². The standard InChI is InChI=1S/C11H10N2O2S/c14-9-5-8-6-3-1-2-4-7(6)10(15)13(8)11(16)12-9/h1-4,8,10,15H,5H2,(H,12,14,16)/t8-,10-/m0/s1. The molecule has 0 radical (unpaired) electrons. The average Bonchev–Trinajstić information content (AvgIpc) is 2.54. The fourth-order valence-corrected chi connectivity index (χ4v) is 2.73. The van der Waals surface area contributed by atoms with Gasteiger partial charge in [-0.2, -0.15) is 0 Å². The Bertz CT molecular complexity index is 489. The molecule has 2 heterocycles. The fourth-order valence-electron chi connectivity index (χ4n) is 2.39. The van der Waals surface area contributed by atoms with Crippen LogP contribution in [0.1, 0.15) is 29.8 Å². The molecule has 0 aromatic heterocycles. The van der Waals surface area contributed by atoms with Gasteiger partial charge in [-0.1, -0.05) is 24.3 Å². The Balaban J connectivity index is 2.11. The smallest absolute Gasteiger partial charge is 0.228 e. The van der Waals surface area contributed by atoms with Crippen LogP contribution in [0.4, 0.5) is 0 Å². The van der Waals surface area contributed by atoms with Crippen molar-refractivity contribution >= 4 is 23.2 Å². The number of nitrogens with zero attached hydrogens (tertiary/aromatic N) is 1. The Kier molecular flexibility index (Phi) is 1.99. The van der Waals surface area contributed by atoms with Crippen LogP contribution in [0.25, 0.3) is 0 Å². The van der Waals surface area contributed by atoms with E-state index in [0.29, 0.717) is 11.5 Å². The molecular weight excluding hydrogens is 224 g/mol. The Hall–Kier alpha value is -1.46. The molecule has 2 N–H and O–H groups in total. The molecule has 1 amide bonds. The summed E-state index contributed by atoms with van der Waals surface area (Å²) in [7, 11) is 0. The van der Waals surface area contributed by atoms with Gasteiger partial charge in [0.05, 0.1) is 12.5 Å². The highest BCUT2D eigenvalue weighted by Crippen LogP contribution is 2.43. The third kappa shape index (κ3) is 1.19. The number of fused-ring (bicyclic) bond motifs is 3. The Morgan fingerprint density at radius 2 is 2.06 bits per heavy atom. The molecule has 16 heavy (non-hydrogen) atoms. The first-order valence-corrected chi connectivity index (χ1v) is 5.48. The molecule has 82 valence electrons. The van der Waals surface area contributed by atoms with Gasteiger partial charge in [0.25, 0.3) is 0 Å². The van der Waals surface area contributed by atoms with Gasteiger partial charge < -0.3 is 15.3 Å². The third-order valence-corrected chi connectivity index (χ3v) is 3.40. The molecule has 4 nitrogen and oxygen atoms in total. The minimum atomic E-state index is -0.741. The zero-order chi connectivity index (χ0) is 11.3. The highest BCUT2D eigenvalue weighted by Gasteiger charge is 2.42. The SMILES string of the molecule is O=C1C[C@H]2c3ccccc3[C@H](O)N2C(=S)N1. The summed E-state index contributed by atoms with van der Waals surface area (Å²) in [6.45, 7) is 0. The maximum Gasteiger partial charge on any atom is 0.228 e. The van der Waals surface area contributed by atoms with Crippen molar-refractivity contribution in [2.45, 2.75) is 18.7 Å². The number of carbonyl (C=O) groups is 1. The molecule has 2 atom stereocenters. The van der Waals surface area contributed by atoms with Gasteiger partial charge >= 0.3 is 0 Å². The zero-order valence-corrected chi connectivity index (χ0v) is 9.20. The van der Waals surface area contributed by atoms with E-state index >= 15 is 0 Å². The summed E-state index contributed by atoms with van der Waals surface area (Å²) in [5, 5.41) is 13.0. The number of aliphatic hydroxyl groups is 1. The van der Waals surface area contributed by atoms with Crippen LogP contribution in [0.2, 0.25) is 0 Å². The van der Waals surface area contributed by atoms with Gasteiger partial charge in [0.2, 0.25) is 5.91 Å². The molecule has 0 saturated carbocycles. The van der Waals surface area contributed by atoms with Gasteiger partial charge in [-0.3, -0.25) is 4.79 Å². The number of thiocarbonyl (C=S) groups is 1. The van der Waals surface area contributed by atoms with Crippen molar-refractivity contribution in [1.82, 2.24) is 10.2 Å². The van der Waals surface area contributed by atoms with Crippen molar-refractivity contribution in [3.63, 3.8) is 0 Å². The highest BCUT2D eigenvalue weighted by atomic mass is 32.1. The van der Waals surface area contributed by atoms with E-state index in [9.17, 15) is 9.90 Å². The lowest BCUT2D eigenvalue weighted by molar-refractivity contribution is -0.123. The van der Waals surface area contributed by atoms with Gasteiger partial charge in [0.1, 0.15) is 0 Å². The Morgan fingerprint density at radius 1 is 1.38 bits per heavy atom. The second-order valence-corrected chi connectivity index (χ2v) is 4.37. The molecule has 2 aliphatic heterocycles. The summed E-state index contributed by atoms with van der Waals surface area (Å²) in [4.78, 5) is 13.1. The summed E-state index contributed by atoms with van der Waals surface area (Å²) in [5.74, 6) is -0.0878. The van der Waals surface area contributed by atoms with Crippen LogP contribution in [0.15, 0.2) is 24.3 Å². The van der Waals surface area contributed by atoms with Crippen LogP contribution >= 0.6 is 12.2 Å². The van der Waals surface area contributed by atoms with Crippen LogP contribution in [-0.2, 0) is 4.79 Å². The predicted octanol–water partition coefficient (Wildman–Crippen LogP) is 0.839. The zero-order valence-electron chi connectivity index (χ0n) is 8.38. The van der Waals surface area contributed by atoms with Crippen LogP contribution in [0.5, 0.6) is 0 Å². The van der Waals surface area contributed by atoms with Gasteiger partial charge in [-0.05, 0) is 17.8 Å². The number of amides is 1. The van der Waals surface area contributed by atoms with E-state index in [0.717, 1.165) is 11.1 Å². The molecule has 3 rings (SSSR count). The van der Waals surface area contributed by atoms with Crippen molar-refractivity contribution in [1.29, 1.82) is 0 Å². The first-order chi connectivity index (χ1) is 7.68. The second kappa shape index (κ2) is 3.26. The van der Waals surface area contributed by atoms with Crippen LogP contribution in [-0.4, -0.2) is 21.0 Å². The van der Waals surface area contributed by atoms with Crippen molar-refractivity contribution in [2.75, 3.05) is 0 Å². The summed E-state index contributed by atoms with van der Waals surface area (Å²) >= 11 is 5.08. The van der Waals surface area contributed by atoms with E-state index in [-0.39, 0.29) is 11.9 Å². The summed E-state index contributed by atoms with van der Waals surface area (Å²) < 4.78 is 0. The molecule has 2 aliphatic rings. The van der Waals surface area contributed by atoms with E-state index in [4.69, 9.17) is 12.2 Å². The fraction of sp³-hybridized carbons (Fsp3) is 0.273.